The average molecular weight is 540 g/mol. The zero-order valence-corrected chi connectivity index (χ0v) is 21.0. The van der Waals surface area contributed by atoms with Crippen molar-refractivity contribution in [2.75, 3.05) is 51.0 Å². The summed E-state index contributed by atoms with van der Waals surface area (Å²) in [5, 5.41) is 19.3. The summed E-state index contributed by atoms with van der Waals surface area (Å²) in [4.78, 5) is 43.7. The van der Waals surface area contributed by atoms with Gasteiger partial charge in [-0.3, -0.25) is 14.4 Å². The third-order valence-corrected chi connectivity index (χ3v) is 6.18. The Hall–Kier alpha value is -4.59. The number of ether oxygens (including phenoxy) is 2. The number of anilines is 3. The molecule has 1 saturated heterocycles. The van der Waals surface area contributed by atoms with Crippen LogP contribution < -0.4 is 20.7 Å². The summed E-state index contributed by atoms with van der Waals surface area (Å²) in [6.45, 7) is -0.839. The van der Waals surface area contributed by atoms with E-state index in [1.165, 1.54) is 13.2 Å². The van der Waals surface area contributed by atoms with E-state index in [9.17, 15) is 14.4 Å². The lowest BCUT2D eigenvalue weighted by atomic mass is 10.1. The molecule has 0 unspecified atom stereocenters. The lowest BCUT2D eigenvalue weighted by molar-refractivity contribution is -0.134. The first-order valence-corrected chi connectivity index (χ1v) is 12.2. The number of carbonyl (C=O) groups excluding carboxylic acids is 3. The highest BCUT2D eigenvalue weighted by Gasteiger charge is 2.30. The predicted molar refractivity (Wildman–Crippen MR) is 137 cm³/mol. The smallest absolute Gasteiger partial charge is 0.273 e. The number of amides is 3. The lowest BCUT2D eigenvalue weighted by Gasteiger charge is -2.26. The standard InChI is InChI=1S/C25H28N8O6/c1-26-24(36)21-17(12-18(30-31-21)28-23(35)14-6-7-14)27-16-5-3-4-15(22(16)37-2)25-29-19(32-39-25)13-20(34)33-8-10-38-11-9-33/h3-5,12,14H,6-11,13H2,1-2H3,(H,26,36)(H2,27,28,30,35)/i1D3. The van der Waals surface area contributed by atoms with Gasteiger partial charge >= 0.3 is 0 Å². The first kappa shape index (κ1) is 22.4. The van der Waals surface area contributed by atoms with Gasteiger partial charge in [-0.1, -0.05) is 11.2 Å². The quantitative estimate of drug-likeness (QED) is 0.358. The molecule has 0 spiro atoms. The summed E-state index contributed by atoms with van der Waals surface area (Å²) in [7, 11) is 1.41. The van der Waals surface area contributed by atoms with Gasteiger partial charge in [0.2, 0.25) is 11.8 Å². The molecule has 2 fully saturated rings. The van der Waals surface area contributed by atoms with E-state index in [2.05, 4.69) is 31.0 Å². The minimum absolute atomic E-state index is 0.0515. The first-order chi connectivity index (χ1) is 20.1. The van der Waals surface area contributed by atoms with Gasteiger partial charge in [0, 0.05) is 36.2 Å². The Morgan fingerprint density at radius 2 is 2.00 bits per heavy atom. The number of nitrogens with one attached hydrogen (secondary N) is 3. The van der Waals surface area contributed by atoms with Crippen LogP contribution in [0, 0.1) is 5.92 Å². The van der Waals surface area contributed by atoms with Crippen LogP contribution in [0.1, 0.15) is 33.3 Å². The molecule has 39 heavy (non-hydrogen) atoms. The summed E-state index contributed by atoms with van der Waals surface area (Å²) in [5.41, 5.74) is 0.438. The van der Waals surface area contributed by atoms with Crippen molar-refractivity contribution in [2.45, 2.75) is 19.3 Å². The van der Waals surface area contributed by atoms with E-state index in [0.717, 1.165) is 12.8 Å². The van der Waals surface area contributed by atoms with Crippen LogP contribution in [-0.4, -0.2) is 83.3 Å². The molecule has 1 saturated carbocycles. The largest absolute Gasteiger partial charge is 0.494 e. The van der Waals surface area contributed by atoms with Crippen molar-refractivity contribution in [2.24, 2.45) is 5.92 Å². The summed E-state index contributed by atoms with van der Waals surface area (Å²) in [6.07, 6.45) is 1.49. The number of hydrogen-bond donors (Lipinski definition) is 3. The predicted octanol–water partition coefficient (Wildman–Crippen LogP) is 1.39. The number of nitrogens with zero attached hydrogens (tertiary/aromatic N) is 5. The molecule has 1 aliphatic carbocycles. The molecule has 3 amide bonds. The van der Waals surface area contributed by atoms with E-state index < -0.39 is 12.9 Å². The van der Waals surface area contributed by atoms with Crippen LogP contribution in [0.5, 0.6) is 5.75 Å². The lowest BCUT2D eigenvalue weighted by Crippen LogP contribution is -2.41. The Labute approximate surface area is 227 Å². The maximum absolute atomic E-state index is 12.8. The molecule has 0 radical (unpaired) electrons. The third-order valence-electron chi connectivity index (χ3n) is 6.18. The molecule has 3 aromatic rings. The van der Waals surface area contributed by atoms with Gasteiger partial charge in [0.1, 0.15) is 0 Å². The van der Waals surface area contributed by atoms with E-state index in [4.69, 9.17) is 18.1 Å². The van der Waals surface area contributed by atoms with Crippen molar-refractivity contribution < 1.29 is 32.5 Å². The Balaban J connectivity index is 1.42. The Morgan fingerprint density at radius 3 is 2.74 bits per heavy atom. The highest BCUT2D eigenvalue weighted by Crippen LogP contribution is 2.38. The van der Waals surface area contributed by atoms with Gasteiger partial charge in [-0.05, 0) is 25.0 Å². The number of benzene rings is 1. The normalized spacial score (nSPS) is 16.4. The SMILES string of the molecule is [2H]C([2H])([2H])NC(=O)c1nnc(NC(=O)C2CC2)cc1Nc1cccc(-c2nc(CC(=O)N3CCOCC3)no2)c1OC. The molecule has 1 aromatic carbocycles. The summed E-state index contributed by atoms with van der Waals surface area (Å²) < 4.78 is 38.5. The van der Waals surface area contributed by atoms with Crippen LogP contribution in [0.4, 0.5) is 17.2 Å². The van der Waals surface area contributed by atoms with E-state index in [-0.39, 0.29) is 58.8 Å². The number of methoxy groups -OCH3 is 1. The molecule has 14 nitrogen and oxygen atoms in total. The molecular formula is C25H28N8O6. The van der Waals surface area contributed by atoms with Crippen molar-refractivity contribution in [1.82, 2.24) is 30.6 Å². The second kappa shape index (κ2) is 11.4. The van der Waals surface area contributed by atoms with Crippen LogP contribution in [0.2, 0.25) is 0 Å². The zero-order chi connectivity index (χ0) is 29.9. The summed E-state index contributed by atoms with van der Waals surface area (Å²) in [6, 6.07) is 6.33. The van der Waals surface area contributed by atoms with Crippen LogP contribution >= 0.6 is 0 Å². The van der Waals surface area contributed by atoms with Gasteiger partial charge in [0.25, 0.3) is 11.8 Å². The van der Waals surface area contributed by atoms with Crippen molar-refractivity contribution >= 4 is 34.9 Å². The van der Waals surface area contributed by atoms with Gasteiger partial charge in [-0.25, -0.2) is 0 Å². The maximum Gasteiger partial charge on any atom is 0.273 e. The fourth-order valence-corrected chi connectivity index (χ4v) is 4.01. The summed E-state index contributed by atoms with van der Waals surface area (Å²) in [5.74, 6) is -0.893. The van der Waals surface area contributed by atoms with Crippen LogP contribution in [0.15, 0.2) is 28.8 Å². The second-order valence-corrected chi connectivity index (χ2v) is 8.91. The number of aromatic nitrogens is 4. The molecule has 14 heteroatoms. The van der Waals surface area contributed by atoms with Crippen LogP contribution in [0.25, 0.3) is 11.5 Å². The minimum Gasteiger partial charge on any atom is -0.494 e. The van der Waals surface area contributed by atoms with Crippen molar-refractivity contribution in [1.29, 1.82) is 0 Å². The number of hydrogen-bond acceptors (Lipinski definition) is 11. The molecule has 204 valence electrons. The minimum atomic E-state index is -2.77. The van der Waals surface area contributed by atoms with E-state index in [1.54, 1.807) is 23.1 Å². The first-order valence-electron chi connectivity index (χ1n) is 13.7. The average Bonchev–Trinajstić information content (AvgIpc) is 3.71. The molecule has 5 rings (SSSR count). The number of morpholine rings is 1. The van der Waals surface area contributed by atoms with Gasteiger partial charge in [-0.15, -0.1) is 10.2 Å². The fraction of sp³-hybridized carbons (Fsp3) is 0.400. The molecule has 0 bridgehead atoms. The number of rotatable bonds is 9. The maximum atomic E-state index is 12.8. The van der Waals surface area contributed by atoms with Crippen molar-refractivity contribution in [3.8, 4) is 17.2 Å². The molecule has 3 N–H and O–H groups in total. The molecule has 2 aromatic heterocycles. The second-order valence-electron chi connectivity index (χ2n) is 8.91. The topological polar surface area (TPSA) is 174 Å². The molecule has 2 aliphatic rings. The van der Waals surface area contributed by atoms with Crippen LogP contribution in [0.3, 0.4) is 0 Å². The highest BCUT2D eigenvalue weighted by molar-refractivity contribution is 6.00. The monoisotopic (exact) mass is 539 g/mol. The molecule has 1 aliphatic heterocycles. The van der Waals surface area contributed by atoms with Gasteiger partial charge < -0.3 is 34.8 Å². The van der Waals surface area contributed by atoms with Crippen molar-refractivity contribution in [3.63, 3.8) is 0 Å². The third kappa shape index (κ3) is 5.95. The van der Waals surface area contributed by atoms with Gasteiger partial charge in [0.05, 0.1) is 43.7 Å². The van der Waals surface area contributed by atoms with Gasteiger partial charge in [-0.2, -0.15) is 4.98 Å². The fourth-order valence-electron chi connectivity index (χ4n) is 4.01. The Morgan fingerprint density at radius 1 is 1.18 bits per heavy atom. The Bertz CT molecular complexity index is 1490. The Kier molecular flexibility index (Phi) is 6.56. The van der Waals surface area contributed by atoms with E-state index in [1.807, 2.05) is 5.32 Å². The molecular weight excluding hydrogens is 508 g/mol. The van der Waals surface area contributed by atoms with Crippen molar-refractivity contribution in [3.05, 3.63) is 35.8 Å². The van der Waals surface area contributed by atoms with E-state index >= 15 is 0 Å². The molecule has 3 heterocycles. The van der Waals surface area contributed by atoms with Crippen LogP contribution in [-0.2, 0) is 20.7 Å². The van der Waals surface area contributed by atoms with E-state index in [0.29, 0.717) is 37.6 Å². The highest BCUT2D eigenvalue weighted by atomic mass is 16.5. The molecule has 0 atom stereocenters. The number of para-hydroxylation sites is 1. The van der Waals surface area contributed by atoms with Gasteiger partial charge in [0.15, 0.2) is 23.1 Å². The zero-order valence-electron chi connectivity index (χ0n) is 24.0. The number of carbonyl (C=O) groups is 3. The summed E-state index contributed by atoms with van der Waals surface area (Å²) >= 11 is 0.